The van der Waals surface area contributed by atoms with Crippen molar-refractivity contribution in [2.75, 3.05) is 0 Å². The number of nitrogens with zero attached hydrogens (tertiary/aromatic N) is 2. The lowest BCUT2D eigenvalue weighted by atomic mass is 10.1. The zero-order valence-electron chi connectivity index (χ0n) is 13.1. The minimum atomic E-state index is -4.59. The molecule has 0 aliphatic rings. The SMILES string of the molecule is CCCc1cc(=O)oc2cc(Oc3nccc(C(F)(F)F)n3)ccc12. The Morgan fingerprint density at radius 2 is 2.00 bits per heavy atom. The van der Waals surface area contributed by atoms with E-state index in [0.717, 1.165) is 29.6 Å². The molecule has 0 saturated carbocycles. The zero-order chi connectivity index (χ0) is 18.0. The number of rotatable bonds is 4. The van der Waals surface area contributed by atoms with E-state index in [1.54, 1.807) is 12.1 Å². The van der Waals surface area contributed by atoms with E-state index in [0.29, 0.717) is 12.0 Å². The Morgan fingerprint density at radius 1 is 1.20 bits per heavy atom. The van der Waals surface area contributed by atoms with Crippen molar-refractivity contribution < 1.29 is 22.3 Å². The van der Waals surface area contributed by atoms with Crippen LogP contribution in [0.1, 0.15) is 24.6 Å². The highest BCUT2D eigenvalue weighted by atomic mass is 19.4. The van der Waals surface area contributed by atoms with Gasteiger partial charge in [0.2, 0.25) is 0 Å². The van der Waals surface area contributed by atoms with Crippen LogP contribution in [0.25, 0.3) is 11.0 Å². The Kier molecular flexibility index (Phi) is 4.43. The fourth-order valence-electron chi connectivity index (χ4n) is 2.40. The smallest absolute Gasteiger partial charge is 0.424 e. The van der Waals surface area contributed by atoms with E-state index in [2.05, 4.69) is 9.97 Å². The van der Waals surface area contributed by atoms with Crippen LogP contribution in [0, 0.1) is 0 Å². The van der Waals surface area contributed by atoms with Crippen molar-refractivity contribution in [2.24, 2.45) is 0 Å². The highest BCUT2D eigenvalue weighted by Crippen LogP contribution is 2.30. The predicted molar refractivity (Wildman–Crippen MR) is 83.6 cm³/mol. The number of halogens is 3. The molecule has 0 bridgehead atoms. The van der Waals surface area contributed by atoms with Crippen LogP contribution >= 0.6 is 0 Å². The van der Waals surface area contributed by atoms with Crippen LogP contribution in [0.2, 0.25) is 0 Å². The molecule has 0 spiro atoms. The predicted octanol–water partition coefficient (Wildman–Crippen LogP) is 4.35. The number of hydrogen-bond donors (Lipinski definition) is 0. The van der Waals surface area contributed by atoms with Crippen LogP contribution in [0.15, 0.2) is 45.7 Å². The first-order valence-electron chi connectivity index (χ1n) is 7.51. The summed E-state index contributed by atoms with van der Waals surface area (Å²) in [6.45, 7) is 1.99. The van der Waals surface area contributed by atoms with E-state index in [-0.39, 0.29) is 5.75 Å². The molecule has 2 aromatic heterocycles. The molecule has 0 aliphatic heterocycles. The largest absolute Gasteiger partial charge is 0.433 e. The van der Waals surface area contributed by atoms with E-state index >= 15 is 0 Å². The molecule has 0 unspecified atom stereocenters. The second kappa shape index (κ2) is 6.54. The van der Waals surface area contributed by atoms with Crippen molar-refractivity contribution in [1.82, 2.24) is 9.97 Å². The summed E-state index contributed by atoms with van der Waals surface area (Å²) in [5, 5.41) is 0.749. The molecule has 0 atom stereocenters. The molecule has 2 heterocycles. The maximum atomic E-state index is 12.7. The van der Waals surface area contributed by atoms with Gasteiger partial charge in [-0.3, -0.25) is 0 Å². The lowest BCUT2D eigenvalue weighted by Gasteiger charge is -2.09. The van der Waals surface area contributed by atoms with E-state index in [9.17, 15) is 18.0 Å². The van der Waals surface area contributed by atoms with Gasteiger partial charge in [0, 0.05) is 23.7 Å². The van der Waals surface area contributed by atoms with Crippen molar-refractivity contribution in [3.63, 3.8) is 0 Å². The van der Waals surface area contributed by atoms with Crippen molar-refractivity contribution in [2.45, 2.75) is 25.9 Å². The molecule has 130 valence electrons. The molecule has 5 nitrogen and oxygen atoms in total. The number of aryl methyl sites for hydroxylation is 1. The first-order valence-corrected chi connectivity index (χ1v) is 7.51. The lowest BCUT2D eigenvalue weighted by molar-refractivity contribution is -0.141. The molecule has 0 aliphatic carbocycles. The fourth-order valence-corrected chi connectivity index (χ4v) is 2.40. The van der Waals surface area contributed by atoms with Gasteiger partial charge in [-0.25, -0.2) is 9.78 Å². The van der Waals surface area contributed by atoms with Gasteiger partial charge in [-0.2, -0.15) is 18.2 Å². The summed E-state index contributed by atoms with van der Waals surface area (Å²) in [5.74, 6) is 0.170. The molecule has 3 aromatic rings. The van der Waals surface area contributed by atoms with Crippen molar-refractivity contribution in [1.29, 1.82) is 0 Å². The van der Waals surface area contributed by atoms with E-state index in [1.807, 2.05) is 6.92 Å². The molecule has 8 heteroatoms. The molecule has 0 radical (unpaired) electrons. The average molecular weight is 350 g/mol. The standard InChI is InChI=1S/C17H13F3N2O3/c1-2-3-10-8-15(23)25-13-9-11(4-5-12(10)13)24-16-21-7-6-14(22-16)17(18,19)20/h4-9H,2-3H2,1H3. The quantitative estimate of drug-likeness (QED) is 0.655. The van der Waals surface area contributed by atoms with Crippen molar-refractivity contribution >= 4 is 11.0 Å². The van der Waals surface area contributed by atoms with Crippen LogP contribution in [-0.2, 0) is 12.6 Å². The van der Waals surface area contributed by atoms with E-state index in [1.165, 1.54) is 12.1 Å². The van der Waals surface area contributed by atoms with Gasteiger partial charge in [0.25, 0.3) is 0 Å². The molecular weight excluding hydrogens is 337 g/mol. The van der Waals surface area contributed by atoms with Gasteiger partial charge < -0.3 is 9.15 Å². The van der Waals surface area contributed by atoms with Gasteiger partial charge in [0.1, 0.15) is 11.3 Å². The van der Waals surface area contributed by atoms with Crippen molar-refractivity contribution in [3.05, 3.63) is 58.2 Å². The third-order valence-electron chi connectivity index (χ3n) is 3.45. The van der Waals surface area contributed by atoms with Crippen LogP contribution in [0.3, 0.4) is 0 Å². The topological polar surface area (TPSA) is 65.2 Å². The highest BCUT2D eigenvalue weighted by molar-refractivity contribution is 5.81. The van der Waals surface area contributed by atoms with Crippen LogP contribution in [0.5, 0.6) is 11.8 Å². The molecule has 0 fully saturated rings. The summed E-state index contributed by atoms with van der Waals surface area (Å²) in [5.41, 5.74) is -0.463. The second-order valence-corrected chi connectivity index (χ2v) is 5.32. The zero-order valence-corrected chi connectivity index (χ0v) is 13.1. The maximum Gasteiger partial charge on any atom is 0.433 e. The fraction of sp³-hybridized carbons (Fsp3) is 0.235. The monoisotopic (exact) mass is 350 g/mol. The summed E-state index contributed by atoms with van der Waals surface area (Å²) < 4.78 is 48.5. The van der Waals surface area contributed by atoms with Gasteiger partial charge in [-0.05, 0) is 30.2 Å². The van der Waals surface area contributed by atoms with Gasteiger partial charge in [-0.15, -0.1) is 0 Å². The molecule has 0 saturated heterocycles. The molecule has 3 rings (SSSR count). The molecule has 1 aromatic carbocycles. The first-order chi connectivity index (χ1) is 11.9. The Morgan fingerprint density at radius 3 is 2.72 bits per heavy atom. The lowest BCUT2D eigenvalue weighted by Crippen LogP contribution is -2.08. The third kappa shape index (κ3) is 3.78. The number of alkyl halides is 3. The van der Waals surface area contributed by atoms with Crippen molar-refractivity contribution in [3.8, 4) is 11.8 Å². The number of benzene rings is 1. The number of hydrogen-bond acceptors (Lipinski definition) is 5. The van der Waals surface area contributed by atoms with Crippen LogP contribution < -0.4 is 10.4 Å². The summed E-state index contributed by atoms with van der Waals surface area (Å²) in [4.78, 5) is 18.6. The van der Waals surface area contributed by atoms with E-state index in [4.69, 9.17) is 9.15 Å². The number of fused-ring (bicyclic) bond motifs is 1. The highest BCUT2D eigenvalue weighted by Gasteiger charge is 2.33. The molecule has 0 amide bonds. The summed E-state index contributed by atoms with van der Waals surface area (Å²) in [6, 6.07) is 6.42. The Balaban J connectivity index is 1.96. The van der Waals surface area contributed by atoms with Gasteiger partial charge in [0.15, 0.2) is 5.69 Å². The minimum Gasteiger partial charge on any atom is -0.424 e. The van der Waals surface area contributed by atoms with E-state index < -0.39 is 23.5 Å². The normalized spacial score (nSPS) is 11.7. The van der Waals surface area contributed by atoms with Gasteiger partial charge >= 0.3 is 17.8 Å². The summed E-state index contributed by atoms with van der Waals surface area (Å²) in [7, 11) is 0. The third-order valence-corrected chi connectivity index (χ3v) is 3.45. The molecule has 25 heavy (non-hydrogen) atoms. The summed E-state index contributed by atoms with van der Waals surface area (Å²) >= 11 is 0. The average Bonchev–Trinajstić information content (AvgIpc) is 2.54. The Bertz CT molecular complexity index is 967. The van der Waals surface area contributed by atoms with Gasteiger partial charge in [0.05, 0.1) is 0 Å². The van der Waals surface area contributed by atoms with Crippen LogP contribution in [-0.4, -0.2) is 9.97 Å². The first kappa shape index (κ1) is 16.9. The Labute approximate surface area is 140 Å². The van der Waals surface area contributed by atoms with Crippen LogP contribution in [0.4, 0.5) is 13.2 Å². The Hall–Kier alpha value is -2.90. The maximum absolute atomic E-state index is 12.7. The second-order valence-electron chi connectivity index (χ2n) is 5.32. The number of ether oxygens (including phenoxy) is 1. The molecular formula is C17H13F3N2O3. The molecule has 0 N–H and O–H groups in total. The minimum absolute atomic E-state index is 0.170. The number of aromatic nitrogens is 2. The van der Waals surface area contributed by atoms with Gasteiger partial charge in [-0.1, -0.05) is 13.3 Å². The summed E-state index contributed by atoms with van der Waals surface area (Å²) in [6.07, 6.45) is -2.06.